The number of carbonyl (C=O) groups is 3. The molecule has 0 saturated carbocycles. The molecule has 1 aromatic carbocycles. The number of nitrogens with one attached hydrogen (secondary N) is 2. The first-order valence-corrected chi connectivity index (χ1v) is 11.5. The molecule has 0 aromatic heterocycles. The maximum atomic E-state index is 13.3. The monoisotopic (exact) mass is 447 g/mol. The fourth-order valence-corrected chi connectivity index (χ4v) is 3.43. The summed E-state index contributed by atoms with van der Waals surface area (Å²) in [5.74, 6) is -0.544. The molecule has 2 unspecified atom stereocenters. The van der Waals surface area contributed by atoms with E-state index in [1.807, 2.05) is 45.9 Å². The van der Waals surface area contributed by atoms with E-state index in [4.69, 9.17) is 4.74 Å². The maximum absolute atomic E-state index is 13.3. The van der Waals surface area contributed by atoms with Crippen LogP contribution in [0.2, 0.25) is 0 Å². The molecule has 7 nitrogen and oxygen atoms in total. The van der Waals surface area contributed by atoms with Crippen LogP contribution in [0, 0.1) is 13.8 Å². The lowest BCUT2D eigenvalue weighted by Gasteiger charge is -2.36. The van der Waals surface area contributed by atoms with Gasteiger partial charge in [-0.2, -0.15) is 0 Å². The summed E-state index contributed by atoms with van der Waals surface area (Å²) in [6.07, 6.45) is 1.83. The highest BCUT2D eigenvalue weighted by molar-refractivity contribution is 5.91. The lowest BCUT2D eigenvalue weighted by atomic mass is 9.95. The van der Waals surface area contributed by atoms with Crippen LogP contribution in [0.5, 0.6) is 0 Å². The number of hydrogen-bond donors (Lipinski definition) is 2. The molecule has 0 aliphatic carbocycles. The predicted molar refractivity (Wildman–Crippen MR) is 127 cm³/mol. The standard InChI is InChI=1S/C25H41N3O4/c1-9-11-14-26-23(30)22(20-13-12-17(3)15-18(20)4)28(19(5)10-2)21(29)16-27-24(31)32-25(6,7)8/h12-13,15,19,22H,9-11,14,16H2,1-8H3,(H,26,30)(H,27,31). The molecule has 2 N–H and O–H groups in total. The maximum Gasteiger partial charge on any atom is 0.408 e. The van der Waals surface area contributed by atoms with Crippen molar-refractivity contribution in [2.45, 2.75) is 92.3 Å². The highest BCUT2D eigenvalue weighted by Crippen LogP contribution is 2.28. The molecule has 3 amide bonds. The Bertz CT molecular complexity index is 786. The van der Waals surface area contributed by atoms with Crippen molar-refractivity contribution in [2.75, 3.05) is 13.1 Å². The van der Waals surface area contributed by atoms with E-state index in [9.17, 15) is 14.4 Å². The third kappa shape index (κ3) is 8.52. The number of hydrogen-bond acceptors (Lipinski definition) is 4. The number of rotatable bonds is 10. The third-order valence-corrected chi connectivity index (χ3v) is 5.21. The van der Waals surface area contributed by atoms with Crippen molar-refractivity contribution in [1.82, 2.24) is 15.5 Å². The molecule has 0 heterocycles. The summed E-state index contributed by atoms with van der Waals surface area (Å²) in [6.45, 7) is 15.5. The van der Waals surface area contributed by atoms with Crippen molar-refractivity contribution in [3.05, 3.63) is 34.9 Å². The minimum absolute atomic E-state index is 0.203. The molecule has 1 aromatic rings. The van der Waals surface area contributed by atoms with Gasteiger partial charge in [-0.1, -0.05) is 44.0 Å². The number of unbranched alkanes of at least 4 members (excludes halogenated alkanes) is 1. The van der Waals surface area contributed by atoms with Crippen molar-refractivity contribution < 1.29 is 19.1 Å². The molecular formula is C25H41N3O4. The quantitative estimate of drug-likeness (QED) is 0.520. The highest BCUT2D eigenvalue weighted by Gasteiger charge is 2.35. The summed E-state index contributed by atoms with van der Waals surface area (Å²) >= 11 is 0. The minimum Gasteiger partial charge on any atom is -0.444 e. The topological polar surface area (TPSA) is 87.7 Å². The molecule has 180 valence electrons. The molecule has 0 saturated heterocycles. The Hall–Kier alpha value is -2.57. The highest BCUT2D eigenvalue weighted by atomic mass is 16.6. The Morgan fingerprint density at radius 3 is 2.28 bits per heavy atom. The number of carbonyl (C=O) groups excluding carboxylic acids is 3. The zero-order valence-corrected chi connectivity index (χ0v) is 21.0. The van der Waals surface area contributed by atoms with Crippen LogP contribution in [0.1, 0.15) is 83.5 Å². The number of amides is 3. The second-order valence-electron chi connectivity index (χ2n) is 9.32. The van der Waals surface area contributed by atoms with Gasteiger partial charge in [0.15, 0.2) is 0 Å². The van der Waals surface area contributed by atoms with Gasteiger partial charge in [0.25, 0.3) is 0 Å². The summed E-state index contributed by atoms with van der Waals surface area (Å²) < 4.78 is 5.24. The van der Waals surface area contributed by atoms with Crippen molar-refractivity contribution >= 4 is 17.9 Å². The van der Waals surface area contributed by atoms with E-state index >= 15 is 0 Å². The Morgan fingerprint density at radius 1 is 1.09 bits per heavy atom. The van der Waals surface area contributed by atoms with E-state index in [0.29, 0.717) is 13.0 Å². The number of benzene rings is 1. The SMILES string of the molecule is CCCCNC(=O)C(c1ccc(C)cc1C)N(C(=O)CNC(=O)OC(C)(C)C)C(C)CC. The van der Waals surface area contributed by atoms with Gasteiger partial charge in [-0.15, -0.1) is 0 Å². The normalized spacial score (nSPS) is 13.1. The van der Waals surface area contributed by atoms with Crippen molar-refractivity contribution in [3.63, 3.8) is 0 Å². The number of nitrogens with zero attached hydrogens (tertiary/aromatic N) is 1. The Balaban J connectivity index is 3.26. The minimum atomic E-state index is -0.782. The molecule has 1 rings (SSSR count). The first kappa shape index (κ1) is 27.5. The van der Waals surface area contributed by atoms with Gasteiger partial charge in [0, 0.05) is 12.6 Å². The summed E-state index contributed by atoms with van der Waals surface area (Å²) in [6, 6.07) is 4.90. The average Bonchev–Trinajstić information content (AvgIpc) is 2.69. The van der Waals surface area contributed by atoms with E-state index in [0.717, 1.165) is 29.5 Å². The average molecular weight is 448 g/mol. The Morgan fingerprint density at radius 2 is 1.75 bits per heavy atom. The van der Waals surface area contributed by atoms with E-state index in [1.54, 1.807) is 25.7 Å². The second kappa shape index (κ2) is 12.5. The van der Waals surface area contributed by atoms with E-state index in [2.05, 4.69) is 17.6 Å². The second-order valence-corrected chi connectivity index (χ2v) is 9.32. The summed E-state index contributed by atoms with van der Waals surface area (Å²) in [5, 5.41) is 5.53. The first-order chi connectivity index (χ1) is 14.9. The number of ether oxygens (including phenoxy) is 1. The molecule has 0 fully saturated rings. The first-order valence-electron chi connectivity index (χ1n) is 11.5. The van der Waals surface area contributed by atoms with Gasteiger partial charge in [0.2, 0.25) is 11.8 Å². The van der Waals surface area contributed by atoms with E-state index < -0.39 is 17.7 Å². The largest absolute Gasteiger partial charge is 0.444 e. The molecule has 0 radical (unpaired) electrons. The van der Waals surface area contributed by atoms with Gasteiger partial charge in [0.1, 0.15) is 18.2 Å². The van der Waals surface area contributed by atoms with Crippen molar-refractivity contribution in [1.29, 1.82) is 0 Å². The zero-order chi connectivity index (χ0) is 24.5. The molecule has 32 heavy (non-hydrogen) atoms. The molecule has 0 bridgehead atoms. The van der Waals surface area contributed by atoms with Gasteiger partial charge in [-0.25, -0.2) is 4.79 Å². The number of alkyl carbamates (subject to hydrolysis) is 1. The molecule has 0 aliphatic rings. The third-order valence-electron chi connectivity index (χ3n) is 5.21. The van der Waals surface area contributed by atoms with Crippen LogP contribution in [-0.4, -0.2) is 47.5 Å². The Labute approximate surface area is 193 Å². The lowest BCUT2D eigenvalue weighted by Crippen LogP contribution is -2.51. The lowest BCUT2D eigenvalue weighted by molar-refractivity contribution is -0.142. The van der Waals surface area contributed by atoms with Gasteiger partial charge < -0.3 is 20.3 Å². The van der Waals surface area contributed by atoms with E-state index in [1.165, 1.54) is 0 Å². The van der Waals surface area contributed by atoms with Crippen LogP contribution >= 0.6 is 0 Å². The van der Waals surface area contributed by atoms with Gasteiger partial charge in [-0.3, -0.25) is 9.59 Å². The summed E-state index contributed by atoms with van der Waals surface area (Å²) in [5.41, 5.74) is 2.16. The van der Waals surface area contributed by atoms with Crippen LogP contribution in [0.15, 0.2) is 18.2 Å². The van der Waals surface area contributed by atoms with Crippen LogP contribution in [-0.2, 0) is 14.3 Å². The predicted octanol–water partition coefficient (Wildman–Crippen LogP) is 4.41. The number of aryl methyl sites for hydroxylation is 2. The van der Waals surface area contributed by atoms with Crippen LogP contribution in [0.4, 0.5) is 4.79 Å². The Kier molecular flexibility index (Phi) is 10.7. The molecule has 0 aliphatic heterocycles. The van der Waals surface area contributed by atoms with Crippen LogP contribution < -0.4 is 10.6 Å². The van der Waals surface area contributed by atoms with Crippen molar-refractivity contribution in [3.8, 4) is 0 Å². The summed E-state index contributed by atoms with van der Waals surface area (Å²) in [7, 11) is 0. The fraction of sp³-hybridized carbons (Fsp3) is 0.640. The molecule has 2 atom stereocenters. The molecule has 0 spiro atoms. The molecular weight excluding hydrogens is 406 g/mol. The van der Waals surface area contributed by atoms with Crippen LogP contribution in [0.3, 0.4) is 0 Å². The van der Waals surface area contributed by atoms with E-state index in [-0.39, 0.29) is 24.4 Å². The fourth-order valence-electron chi connectivity index (χ4n) is 3.43. The van der Waals surface area contributed by atoms with Gasteiger partial charge in [0.05, 0.1) is 0 Å². The smallest absolute Gasteiger partial charge is 0.408 e. The molecule has 7 heteroatoms. The van der Waals surface area contributed by atoms with Crippen LogP contribution in [0.25, 0.3) is 0 Å². The zero-order valence-electron chi connectivity index (χ0n) is 21.0. The van der Waals surface area contributed by atoms with Crippen molar-refractivity contribution in [2.24, 2.45) is 0 Å². The van der Waals surface area contributed by atoms with Gasteiger partial charge in [-0.05, 0) is 65.5 Å². The van der Waals surface area contributed by atoms with Gasteiger partial charge >= 0.3 is 6.09 Å². The summed E-state index contributed by atoms with van der Waals surface area (Å²) in [4.78, 5) is 40.3.